The summed E-state index contributed by atoms with van der Waals surface area (Å²) in [6.07, 6.45) is 0.704. The number of carbonyl (C=O) groups excluding carboxylic acids is 2. The first-order valence-corrected chi connectivity index (χ1v) is 9.44. The smallest absolute Gasteiger partial charge is 0.266 e. The van der Waals surface area contributed by atoms with Gasteiger partial charge in [0.2, 0.25) is 5.91 Å². The molecule has 0 aliphatic carbocycles. The van der Waals surface area contributed by atoms with Crippen LogP contribution in [0.1, 0.15) is 30.5 Å². The Hall–Kier alpha value is -3.15. The SMILES string of the molecule is CCN(CCc1cccc(C2(c3ccccc3)N=C(N)N(C)C2=O)c1)C(C)=O. The van der Waals surface area contributed by atoms with Gasteiger partial charge in [0.1, 0.15) is 0 Å². The third-order valence-corrected chi connectivity index (χ3v) is 5.27. The number of hydrogen-bond acceptors (Lipinski definition) is 4. The lowest BCUT2D eigenvalue weighted by molar-refractivity contribution is -0.129. The monoisotopic (exact) mass is 378 g/mol. The van der Waals surface area contributed by atoms with Gasteiger partial charge in [-0.25, -0.2) is 4.99 Å². The van der Waals surface area contributed by atoms with Gasteiger partial charge in [-0.05, 0) is 30.0 Å². The Morgan fingerprint density at radius 3 is 2.39 bits per heavy atom. The quantitative estimate of drug-likeness (QED) is 0.836. The fourth-order valence-electron chi connectivity index (χ4n) is 3.62. The van der Waals surface area contributed by atoms with E-state index in [1.165, 1.54) is 4.90 Å². The molecule has 0 aromatic heterocycles. The first-order valence-electron chi connectivity index (χ1n) is 9.44. The van der Waals surface area contributed by atoms with E-state index in [2.05, 4.69) is 4.99 Å². The molecule has 1 unspecified atom stereocenters. The molecule has 28 heavy (non-hydrogen) atoms. The summed E-state index contributed by atoms with van der Waals surface area (Å²) in [6.45, 7) is 4.85. The van der Waals surface area contributed by atoms with Crippen molar-refractivity contribution in [3.8, 4) is 0 Å². The van der Waals surface area contributed by atoms with Gasteiger partial charge in [-0.2, -0.15) is 0 Å². The van der Waals surface area contributed by atoms with E-state index in [1.807, 2.05) is 61.5 Å². The van der Waals surface area contributed by atoms with Crippen molar-refractivity contribution in [2.45, 2.75) is 25.8 Å². The summed E-state index contributed by atoms with van der Waals surface area (Å²) in [4.78, 5) is 32.7. The van der Waals surface area contributed by atoms with Gasteiger partial charge in [-0.1, -0.05) is 54.6 Å². The van der Waals surface area contributed by atoms with Crippen LogP contribution in [0.4, 0.5) is 0 Å². The van der Waals surface area contributed by atoms with Crippen molar-refractivity contribution < 1.29 is 9.59 Å². The molecular formula is C22H26N4O2. The third-order valence-electron chi connectivity index (χ3n) is 5.27. The molecule has 2 amide bonds. The normalized spacial score (nSPS) is 18.9. The van der Waals surface area contributed by atoms with Crippen LogP contribution in [0.3, 0.4) is 0 Å². The fourth-order valence-corrected chi connectivity index (χ4v) is 3.62. The molecule has 1 aliphatic rings. The molecule has 2 aromatic carbocycles. The van der Waals surface area contributed by atoms with Crippen molar-refractivity contribution in [1.29, 1.82) is 0 Å². The van der Waals surface area contributed by atoms with Crippen molar-refractivity contribution in [1.82, 2.24) is 9.80 Å². The molecule has 6 heteroatoms. The highest BCUT2D eigenvalue weighted by atomic mass is 16.2. The molecule has 0 bridgehead atoms. The lowest BCUT2D eigenvalue weighted by Crippen LogP contribution is -2.41. The Kier molecular flexibility index (Phi) is 5.49. The standard InChI is InChI=1S/C22H26N4O2/c1-4-26(16(2)27)14-13-17-9-8-12-19(15-17)22(18-10-6-5-7-11-18)20(28)25(3)21(23)24-22/h5-12,15H,4,13-14H2,1-3H3,(H2,23,24). The van der Waals surface area contributed by atoms with Crippen molar-refractivity contribution in [3.63, 3.8) is 0 Å². The van der Waals surface area contributed by atoms with Crippen LogP contribution < -0.4 is 5.73 Å². The van der Waals surface area contributed by atoms with Gasteiger partial charge in [-0.3, -0.25) is 14.5 Å². The van der Waals surface area contributed by atoms with Gasteiger partial charge in [0.15, 0.2) is 11.5 Å². The highest BCUT2D eigenvalue weighted by molar-refractivity contribution is 6.08. The molecule has 1 heterocycles. The van der Waals surface area contributed by atoms with Gasteiger partial charge >= 0.3 is 0 Å². The maximum atomic E-state index is 13.2. The first kappa shape index (κ1) is 19.6. The van der Waals surface area contributed by atoms with Crippen molar-refractivity contribution >= 4 is 17.8 Å². The average molecular weight is 378 g/mol. The summed E-state index contributed by atoms with van der Waals surface area (Å²) in [7, 11) is 1.64. The minimum atomic E-state index is -1.18. The Morgan fingerprint density at radius 1 is 1.14 bits per heavy atom. The van der Waals surface area contributed by atoms with E-state index in [9.17, 15) is 9.59 Å². The van der Waals surface area contributed by atoms with E-state index in [1.54, 1.807) is 18.9 Å². The van der Waals surface area contributed by atoms with E-state index >= 15 is 0 Å². The van der Waals surface area contributed by atoms with Gasteiger partial charge in [0, 0.05) is 27.1 Å². The fraction of sp³-hybridized carbons (Fsp3) is 0.318. The van der Waals surface area contributed by atoms with Gasteiger partial charge < -0.3 is 10.6 Å². The number of likely N-dealkylation sites (N-methyl/N-ethyl adjacent to an activating group) is 2. The number of guanidine groups is 1. The summed E-state index contributed by atoms with van der Waals surface area (Å²) in [5, 5.41) is 0. The maximum absolute atomic E-state index is 13.2. The van der Waals surface area contributed by atoms with Crippen LogP contribution >= 0.6 is 0 Å². The lowest BCUT2D eigenvalue weighted by Gasteiger charge is -2.26. The summed E-state index contributed by atoms with van der Waals surface area (Å²) in [5.74, 6) is 0.0876. The van der Waals surface area contributed by atoms with E-state index < -0.39 is 5.54 Å². The summed E-state index contributed by atoms with van der Waals surface area (Å²) in [6, 6.07) is 17.3. The Bertz CT molecular complexity index is 910. The van der Waals surface area contributed by atoms with Crippen LogP contribution in [0.25, 0.3) is 0 Å². The molecule has 1 atom stereocenters. The highest BCUT2D eigenvalue weighted by Gasteiger charge is 2.49. The predicted molar refractivity (Wildman–Crippen MR) is 110 cm³/mol. The minimum absolute atomic E-state index is 0.0596. The van der Waals surface area contributed by atoms with E-state index in [4.69, 9.17) is 5.73 Å². The van der Waals surface area contributed by atoms with Crippen LogP contribution in [-0.2, 0) is 21.5 Å². The van der Waals surface area contributed by atoms with Gasteiger partial charge in [-0.15, -0.1) is 0 Å². The maximum Gasteiger partial charge on any atom is 0.266 e. The van der Waals surface area contributed by atoms with E-state index in [-0.39, 0.29) is 17.8 Å². The number of nitrogens with two attached hydrogens (primary N) is 1. The molecule has 0 spiro atoms. The zero-order chi connectivity index (χ0) is 20.3. The molecule has 146 valence electrons. The van der Waals surface area contributed by atoms with Crippen molar-refractivity contribution in [2.24, 2.45) is 10.7 Å². The average Bonchev–Trinajstić information content (AvgIpc) is 2.94. The largest absolute Gasteiger partial charge is 0.369 e. The summed E-state index contributed by atoms with van der Waals surface area (Å²) >= 11 is 0. The van der Waals surface area contributed by atoms with Crippen molar-refractivity contribution in [2.75, 3.05) is 20.1 Å². The van der Waals surface area contributed by atoms with Gasteiger partial charge in [0.25, 0.3) is 5.91 Å². The third kappa shape index (κ3) is 3.38. The van der Waals surface area contributed by atoms with Crippen molar-refractivity contribution in [3.05, 3.63) is 71.3 Å². The second-order valence-corrected chi connectivity index (χ2v) is 6.96. The number of amides is 2. The number of rotatable bonds is 6. The second-order valence-electron chi connectivity index (χ2n) is 6.96. The Labute approximate surface area is 165 Å². The van der Waals surface area contributed by atoms with Crippen LogP contribution in [0.2, 0.25) is 0 Å². The van der Waals surface area contributed by atoms with Crippen LogP contribution in [0.5, 0.6) is 0 Å². The lowest BCUT2D eigenvalue weighted by atomic mass is 9.82. The Balaban J connectivity index is 2.01. The summed E-state index contributed by atoms with van der Waals surface area (Å²) < 4.78 is 0. The topological polar surface area (TPSA) is 79.0 Å². The molecule has 2 N–H and O–H groups in total. The number of nitrogens with zero attached hydrogens (tertiary/aromatic N) is 3. The number of carbonyl (C=O) groups is 2. The number of aliphatic imine (C=N–C) groups is 1. The zero-order valence-electron chi connectivity index (χ0n) is 16.6. The number of hydrogen-bond donors (Lipinski definition) is 1. The minimum Gasteiger partial charge on any atom is -0.369 e. The first-order chi connectivity index (χ1) is 13.4. The van der Waals surface area contributed by atoms with Crippen LogP contribution in [0, 0.1) is 0 Å². The number of benzene rings is 2. The molecule has 0 fully saturated rings. The van der Waals surface area contributed by atoms with Crippen LogP contribution in [-0.4, -0.2) is 47.7 Å². The molecule has 0 saturated carbocycles. The Morgan fingerprint density at radius 2 is 1.82 bits per heavy atom. The summed E-state index contributed by atoms with van der Waals surface area (Å²) in [5.41, 5.74) is 7.44. The van der Waals surface area contributed by atoms with E-state index in [0.717, 1.165) is 16.7 Å². The molecule has 6 nitrogen and oxygen atoms in total. The van der Waals surface area contributed by atoms with E-state index in [0.29, 0.717) is 19.5 Å². The predicted octanol–water partition coefficient (Wildman–Crippen LogP) is 2.13. The molecule has 2 aromatic rings. The highest BCUT2D eigenvalue weighted by Crippen LogP contribution is 2.39. The second kappa shape index (κ2) is 7.84. The zero-order valence-corrected chi connectivity index (χ0v) is 16.6. The molecule has 0 saturated heterocycles. The molecule has 1 aliphatic heterocycles. The molecule has 0 radical (unpaired) electrons. The van der Waals surface area contributed by atoms with Crippen LogP contribution in [0.15, 0.2) is 59.6 Å². The molecular weight excluding hydrogens is 352 g/mol. The molecule has 3 rings (SSSR count). The van der Waals surface area contributed by atoms with Gasteiger partial charge in [0.05, 0.1) is 0 Å².